The van der Waals surface area contributed by atoms with Gasteiger partial charge in [0, 0.05) is 12.1 Å². The van der Waals surface area contributed by atoms with E-state index < -0.39 is 23.5 Å². The maximum Gasteiger partial charge on any atom is 0.323 e. The molecule has 2 aromatic carbocycles. The molecule has 0 spiro atoms. The summed E-state index contributed by atoms with van der Waals surface area (Å²) in [4.78, 5) is 11.6. The van der Waals surface area contributed by atoms with Crippen molar-refractivity contribution in [2.24, 2.45) is 0 Å². The Balaban J connectivity index is 2.08. The second-order valence-electron chi connectivity index (χ2n) is 4.05. The van der Waals surface area contributed by atoms with E-state index in [1.54, 1.807) is 0 Å². The summed E-state index contributed by atoms with van der Waals surface area (Å²) < 4.78 is 44.5. The van der Waals surface area contributed by atoms with Gasteiger partial charge in [-0.1, -0.05) is 0 Å². The zero-order valence-electron chi connectivity index (χ0n) is 10.9. The number of nitrogens with one attached hydrogen (secondary N) is 2. The fourth-order valence-corrected chi connectivity index (χ4v) is 1.59. The van der Waals surface area contributed by atoms with Crippen LogP contribution in [0.3, 0.4) is 0 Å². The van der Waals surface area contributed by atoms with Crippen LogP contribution < -0.4 is 15.4 Å². The molecule has 7 heteroatoms. The molecule has 2 N–H and O–H groups in total. The predicted octanol–water partition coefficient (Wildman–Crippen LogP) is 3.76. The van der Waals surface area contributed by atoms with E-state index in [1.165, 1.54) is 19.2 Å². The molecule has 0 radical (unpaired) electrons. The number of ether oxygens (including phenoxy) is 1. The van der Waals surface area contributed by atoms with Crippen LogP contribution in [-0.4, -0.2) is 13.1 Å². The quantitative estimate of drug-likeness (QED) is 0.906. The molecule has 21 heavy (non-hydrogen) atoms. The van der Waals surface area contributed by atoms with Crippen molar-refractivity contribution in [3.05, 3.63) is 53.8 Å². The Morgan fingerprint density at radius 2 is 1.52 bits per heavy atom. The standard InChI is InChI=1S/C14H11F3N2O2/c1-21-9-3-5-13(11(17)7-9)19-14(20)18-12-4-2-8(15)6-10(12)16/h2-7H,1H3,(H2,18,19,20). The molecule has 0 aliphatic heterocycles. The summed E-state index contributed by atoms with van der Waals surface area (Å²) in [7, 11) is 1.38. The molecule has 2 amide bonds. The number of benzene rings is 2. The number of hydrogen-bond donors (Lipinski definition) is 2. The van der Waals surface area contributed by atoms with Crippen molar-refractivity contribution < 1.29 is 22.7 Å². The molecule has 0 bridgehead atoms. The Hall–Kier alpha value is -2.70. The largest absolute Gasteiger partial charge is 0.497 e. The number of urea groups is 1. The maximum atomic E-state index is 13.6. The summed E-state index contributed by atoms with van der Waals surface area (Å²) in [5.74, 6) is -2.10. The monoisotopic (exact) mass is 296 g/mol. The lowest BCUT2D eigenvalue weighted by molar-refractivity contribution is 0.262. The first-order chi connectivity index (χ1) is 9.99. The van der Waals surface area contributed by atoms with Crippen LogP contribution in [0, 0.1) is 17.5 Å². The first kappa shape index (κ1) is 14.7. The zero-order chi connectivity index (χ0) is 15.4. The molecular weight excluding hydrogens is 285 g/mol. The highest BCUT2D eigenvalue weighted by Crippen LogP contribution is 2.21. The molecule has 0 aromatic heterocycles. The third kappa shape index (κ3) is 3.65. The van der Waals surface area contributed by atoms with Crippen LogP contribution in [0.5, 0.6) is 5.75 Å². The summed E-state index contributed by atoms with van der Waals surface area (Å²) in [6, 6.07) is 5.68. The average Bonchev–Trinajstić information content (AvgIpc) is 2.44. The van der Waals surface area contributed by atoms with Gasteiger partial charge in [-0.3, -0.25) is 0 Å². The fourth-order valence-electron chi connectivity index (χ4n) is 1.59. The molecule has 2 rings (SSSR count). The number of halogens is 3. The Bertz CT molecular complexity index is 677. The van der Waals surface area contributed by atoms with Crippen LogP contribution >= 0.6 is 0 Å². The van der Waals surface area contributed by atoms with E-state index in [1.807, 2.05) is 0 Å². The Morgan fingerprint density at radius 3 is 2.05 bits per heavy atom. The van der Waals surface area contributed by atoms with Crippen molar-refractivity contribution in [3.8, 4) is 5.75 Å². The Kier molecular flexibility index (Phi) is 4.32. The minimum absolute atomic E-state index is 0.101. The van der Waals surface area contributed by atoms with Crippen molar-refractivity contribution in [2.45, 2.75) is 0 Å². The first-order valence-electron chi connectivity index (χ1n) is 5.86. The number of hydrogen-bond acceptors (Lipinski definition) is 2. The molecule has 0 atom stereocenters. The molecule has 2 aromatic rings. The van der Waals surface area contributed by atoms with Gasteiger partial charge in [-0.15, -0.1) is 0 Å². The molecular formula is C14H11F3N2O2. The van der Waals surface area contributed by atoms with E-state index in [0.717, 1.165) is 18.2 Å². The van der Waals surface area contributed by atoms with Crippen LogP contribution in [0.15, 0.2) is 36.4 Å². The molecule has 0 heterocycles. The Morgan fingerprint density at radius 1 is 0.952 bits per heavy atom. The molecule has 0 aliphatic rings. The van der Waals surface area contributed by atoms with Gasteiger partial charge >= 0.3 is 6.03 Å². The number of anilines is 2. The molecule has 4 nitrogen and oxygen atoms in total. The van der Waals surface area contributed by atoms with Gasteiger partial charge in [0.25, 0.3) is 0 Å². The number of carbonyl (C=O) groups excluding carboxylic acids is 1. The second-order valence-corrected chi connectivity index (χ2v) is 4.05. The molecule has 0 aliphatic carbocycles. The normalized spacial score (nSPS) is 10.1. The predicted molar refractivity (Wildman–Crippen MR) is 72.0 cm³/mol. The zero-order valence-corrected chi connectivity index (χ0v) is 10.9. The average molecular weight is 296 g/mol. The lowest BCUT2D eigenvalue weighted by atomic mass is 10.3. The highest BCUT2D eigenvalue weighted by Gasteiger charge is 2.11. The van der Waals surface area contributed by atoms with Crippen molar-refractivity contribution in [2.75, 3.05) is 17.7 Å². The van der Waals surface area contributed by atoms with Gasteiger partial charge in [0.2, 0.25) is 0 Å². The summed E-state index contributed by atoms with van der Waals surface area (Å²) in [6.07, 6.45) is 0. The smallest absolute Gasteiger partial charge is 0.323 e. The van der Waals surface area contributed by atoms with E-state index in [9.17, 15) is 18.0 Å². The lowest BCUT2D eigenvalue weighted by Gasteiger charge is -2.10. The molecule has 0 fully saturated rings. The van der Waals surface area contributed by atoms with Gasteiger partial charge in [-0.2, -0.15) is 0 Å². The maximum absolute atomic E-state index is 13.6. The van der Waals surface area contributed by atoms with Gasteiger partial charge in [-0.25, -0.2) is 18.0 Å². The van der Waals surface area contributed by atoms with Crippen LogP contribution in [-0.2, 0) is 0 Å². The third-order valence-corrected chi connectivity index (χ3v) is 2.60. The number of carbonyl (C=O) groups is 1. The van der Waals surface area contributed by atoms with E-state index in [-0.39, 0.29) is 11.4 Å². The van der Waals surface area contributed by atoms with Gasteiger partial charge in [-0.05, 0) is 24.3 Å². The molecule has 0 saturated heterocycles. The number of rotatable bonds is 3. The highest BCUT2D eigenvalue weighted by atomic mass is 19.1. The van der Waals surface area contributed by atoms with Crippen molar-refractivity contribution in [1.82, 2.24) is 0 Å². The van der Waals surface area contributed by atoms with E-state index in [2.05, 4.69) is 10.6 Å². The molecule has 110 valence electrons. The highest BCUT2D eigenvalue weighted by molar-refractivity contribution is 5.99. The van der Waals surface area contributed by atoms with Gasteiger partial charge in [0.1, 0.15) is 23.2 Å². The fraction of sp³-hybridized carbons (Fsp3) is 0.0714. The van der Waals surface area contributed by atoms with Gasteiger partial charge in [0.15, 0.2) is 0 Å². The SMILES string of the molecule is COc1ccc(NC(=O)Nc2ccc(F)cc2F)c(F)c1. The van der Waals surface area contributed by atoms with Crippen LogP contribution in [0.4, 0.5) is 29.3 Å². The van der Waals surface area contributed by atoms with Crippen molar-refractivity contribution >= 4 is 17.4 Å². The minimum atomic E-state index is -0.930. The van der Waals surface area contributed by atoms with Crippen LogP contribution in [0.25, 0.3) is 0 Å². The summed E-state index contributed by atoms with van der Waals surface area (Å²) in [5, 5.41) is 4.36. The summed E-state index contributed by atoms with van der Waals surface area (Å²) in [5.41, 5.74) is -0.321. The molecule has 0 unspecified atom stereocenters. The number of methoxy groups -OCH3 is 1. The first-order valence-corrected chi connectivity index (χ1v) is 5.86. The van der Waals surface area contributed by atoms with Crippen LogP contribution in [0.2, 0.25) is 0 Å². The van der Waals surface area contributed by atoms with E-state index >= 15 is 0 Å². The van der Waals surface area contributed by atoms with Gasteiger partial charge < -0.3 is 15.4 Å². The summed E-state index contributed by atoms with van der Waals surface area (Å²) >= 11 is 0. The van der Waals surface area contributed by atoms with E-state index in [0.29, 0.717) is 11.8 Å². The van der Waals surface area contributed by atoms with Crippen LogP contribution in [0.1, 0.15) is 0 Å². The van der Waals surface area contributed by atoms with Gasteiger partial charge in [0.05, 0.1) is 18.5 Å². The minimum Gasteiger partial charge on any atom is -0.497 e. The van der Waals surface area contributed by atoms with E-state index in [4.69, 9.17) is 4.74 Å². The topological polar surface area (TPSA) is 50.4 Å². The van der Waals surface area contributed by atoms with Crippen molar-refractivity contribution in [3.63, 3.8) is 0 Å². The van der Waals surface area contributed by atoms with Crippen molar-refractivity contribution in [1.29, 1.82) is 0 Å². The Labute approximate surface area is 118 Å². The second kappa shape index (κ2) is 6.17. The lowest BCUT2D eigenvalue weighted by Crippen LogP contribution is -2.20. The molecule has 0 saturated carbocycles. The number of amides is 2. The summed E-state index contributed by atoms with van der Waals surface area (Å²) in [6.45, 7) is 0. The third-order valence-electron chi connectivity index (χ3n) is 2.60.